The quantitative estimate of drug-likeness (QED) is 0.315. The monoisotopic (exact) mass is 410 g/mol. The third-order valence-electron chi connectivity index (χ3n) is 3.87. The molecule has 0 aromatic heterocycles. The van der Waals surface area contributed by atoms with Crippen LogP contribution >= 0.6 is 0 Å². The Morgan fingerprint density at radius 2 is 1.41 bits per heavy atom. The third-order valence-corrected chi connectivity index (χ3v) is 3.87. The molecule has 2 aromatic carbocycles. The van der Waals surface area contributed by atoms with E-state index in [4.69, 9.17) is 0 Å². The molecule has 0 unspecified atom stereocenters. The fourth-order valence-electron chi connectivity index (χ4n) is 2.77. The minimum Gasteiger partial charge on any atom is -1.00 e. The van der Waals surface area contributed by atoms with Crippen LogP contribution in [0.25, 0.3) is 6.08 Å². The molecule has 0 atom stereocenters. The van der Waals surface area contributed by atoms with Crippen molar-refractivity contribution in [2.75, 3.05) is 28.2 Å². The van der Waals surface area contributed by atoms with Crippen molar-refractivity contribution >= 4 is 11.9 Å². The molecule has 0 radical (unpaired) electrons. The van der Waals surface area contributed by atoms with Crippen molar-refractivity contribution in [3.05, 3.63) is 70.8 Å². The summed E-state index contributed by atoms with van der Waals surface area (Å²) < 4.78 is 0. The zero-order valence-electron chi connectivity index (χ0n) is 16.2. The maximum Gasteiger partial charge on any atom is 0.185 e. The van der Waals surface area contributed by atoms with Gasteiger partial charge < -0.3 is 39.7 Å². The molecule has 2 rings (SSSR count). The molecule has 0 fully saturated rings. The van der Waals surface area contributed by atoms with Gasteiger partial charge in [0.25, 0.3) is 0 Å². The fourth-order valence-corrected chi connectivity index (χ4v) is 2.77. The van der Waals surface area contributed by atoms with Crippen molar-refractivity contribution in [1.29, 1.82) is 0 Å². The number of rotatable bonds is 7. The summed E-state index contributed by atoms with van der Waals surface area (Å²) in [6.07, 6.45) is 3.42. The summed E-state index contributed by atoms with van der Waals surface area (Å²) in [6, 6.07) is 13.4. The predicted octanol–water partition coefficient (Wildman–Crippen LogP) is -5.41. The van der Waals surface area contributed by atoms with Crippen LogP contribution in [0.4, 0.5) is 0 Å². The van der Waals surface area contributed by atoms with Gasteiger partial charge in [0.2, 0.25) is 0 Å². The first-order valence-corrected chi connectivity index (χ1v) is 8.57. The van der Waals surface area contributed by atoms with Crippen LogP contribution < -0.4 is 34.6 Å². The molecule has 0 spiro atoms. The highest BCUT2D eigenvalue weighted by Crippen LogP contribution is 2.24. The molecule has 0 aliphatic rings. The number of allylic oxidation sites excluding steroid dienone is 1. The highest BCUT2D eigenvalue weighted by atomic mass is 35.5. The van der Waals surface area contributed by atoms with Crippen LogP contribution in [0.3, 0.4) is 0 Å². The SMILES string of the molecule is C[NH+](C)Cc1cc(C(=O)/C=C/c2ccccc2)cc(C[NH+](C)C)c1O.[Cl-].[Cl-]. The summed E-state index contributed by atoms with van der Waals surface area (Å²) in [5, 5.41) is 10.5. The lowest BCUT2D eigenvalue weighted by Gasteiger charge is -2.15. The van der Waals surface area contributed by atoms with Gasteiger partial charge in [-0.2, -0.15) is 0 Å². The number of carbonyl (C=O) groups is 1. The maximum absolute atomic E-state index is 12.6. The minimum absolute atomic E-state index is 0. The molecule has 2 aromatic rings. The number of ketones is 1. The lowest BCUT2D eigenvalue weighted by Crippen LogP contribution is -3.04. The van der Waals surface area contributed by atoms with Crippen molar-refractivity contribution in [3.8, 4) is 5.75 Å². The van der Waals surface area contributed by atoms with E-state index in [-0.39, 0.29) is 30.6 Å². The maximum atomic E-state index is 12.6. The average Bonchev–Trinajstić information content (AvgIpc) is 2.56. The summed E-state index contributed by atoms with van der Waals surface area (Å²) in [4.78, 5) is 15.0. The molecule has 0 aliphatic heterocycles. The van der Waals surface area contributed by atoms with Crippen LogP contribution in [0.1, 0.15) is 27.0 Å². The van der Waals surface area contributed by atoms with Crippen molar-refractivity contribution < 1.29 is 44.5 Å². The number of aromatic hydroxyl groups is 1. The fraction of sp³-hybridized carbons (Fsp3) is 0.286. The van der Waals surface area contributed by atoms with Crippen LogP contribution in [0.5, 0.6) is 5.75 Å². The van der Waals surface area contributed by atoms with Crippen LogP contribution in [-0.4, -0.2) is 39.1 Å². The zero-order valence-corrected chi connectivity index (χ0v) is 17.7. The Kier molecular flexibility index (Phi) is 11.0. The van der Waals surface area contributed by atoms with Gasteiger partial charge in [0.15, 0.2) is 5.78 Å². The van der Waals surface area contributed by atoms with Crippen LogP contribution in [0.2, 0.25) is 0 Å². The molecule has 4 nitrogen and oxygen atoms in total. The summed E-state index contributed by atoms with van der Waals surface area (Å²) in [6.45, 7) is 1.34. The van der Waals surface area contributed by atoms with Gasteiger partial charge in [0.05, 0.1) is 28.2 Å². The summed E-state index contributed by atoms with van der Waals surface area (Å²) in [7, 11) is 8.11. The number of carbonyl (C=O) groups excluding carboxylic acids is 1. The highest BCUT2D eigenvalue weighted by molar-refractivity contribution is 6.07. The van der Waals surface area contributed by atoms with Crippen LogP contribution in [0.15, 0.2) is 48.5 Å². The summed E-state index contributed by atoms with van der Waals surface area (Å²) >= 11 is 0. The van der Waals surface area contributed by atoms with Crippen molar-refractivity contribution in [3.63, 3.8) is 0 Å². The Morgan fingerprint density at radius 1 is 0.926 bits per heavy atom. The molecule has 0 bridgehead atoms. The van der Waals surface area contributed by atoms with Crippen molar-refractivity contribution in [1.82, 2.24) is 0 Å². The number of nitrogens with one attached hydrogen (secondary N) is 2. The average molecular weight is 411 g/mol. The number of hydrogen-bond donors (Lipinski definition) is 3. The minimum atomic E-state index is -0.0473. The third kappa shape index (κ3) is 7.73. The molecular formula is C21H28Cl2N2O2. The zero-order chi connectivity index (χ0) is 18.4. The molecule has 3 N–H and O–H groups in total. The number of halogens is 2. The Labute approximate surface area is 174 Å². The molecule has 148 valence electrons. The van der Waals surface area contributed by atoms with Crippen LogP contribution in [-0.2, 0) is 13.1 Å². The smallest absolute Gasteiger partial charge is 0.185 e. The summed E-state index contributed by atoms with van der Waals surface area (Å²) in [5.41, 5.74) is 3.24. The second kappa shape index (κ2) is 11.8. The Hall–Kier alpha value is -1.85. The lowest BCUT2D eigenvalue weighted by atomic mass is 10.00. The number of quaternary nitrogens is 2. The van der Waals surface area contributed by atoms with Gasteiger partial charge in [-0.25, -0.2) is 0 Å². The molecule has 0 amide bonds. The van der Waals surface area contributed by atoms with E-state index < -0.39 is 0 Å². The first-order valence-electron chi connectivity index (χ1n) is 8.57. The van der Waals surface area contributed by atoms with E-state index in [0.717, 1.165) is 16.7 Å². The van der Waals surface area contributed by atoms with Gasteiger partial charge >= 0.3 is 0 Å². The van der Waals surface area contributed by atoms with Gasteiger partial charge in [0, 0.05) is 16.7 Å². The van der Waals surface area contributed by atoms with Gasteiger partial charge in [-0.15, -0.1) is 0 Å². The van der Waals surface area contributed by atoms with Crippen LogP contribution in [0, 0.1) is 0 Å². The number of hydrogen-bond acceptors (Lipinski definition) is 2. The van der Waals surface area contributed by atoms with Gasteiger partial charge in [-0.1, -0.05) is 36.4 Å². The van der Waals surface area contributed by atoms with Gasteiger partial charge in [-0.05, 0) is 23.8 Å². The largest absolute Gasteiger partial charge is 1.00 e. The van der Waals surface area contributed by atoms with E-state index in [1.165, 1.54) is 9.80 Å². The Bertz CT molecular complexity index is 729. The van der Waals surface area contributed by atoms with Crippen molar-refractivity contribution in [2.24, 2.45) is 0 Å². The topological polar surface area (TPSA) is 46.2 Å². The normalized spacial score (nSPS) is 10.7. The molecule has 0 heterocycles. The standard InChI is InChI=1S/C21H26N2O2.2ClH/c1-22(2)14-18-12-17(13-19(21(18)25)15-23(3)4)20(24)11-10-16-8-6-5-7-9-16;;/h5-13,25H,14-15H2,1-4H3;2*1H/b11-10+;;. The molecule has 0 aliphatic carbocycles. The number of phenolic OH excluding ortho intramolecular Hbond substituents is 1. The first kappa shape index (κ1) is 25.2. The second-order valence-electron chi connectivity index (χ2n) is 7.02. The van der Waals surface area contributed by atoms with E-state index >= 15 is 0 Å². The van der Waals surface area contributed by atoms with E-state index in [1.807, 2.05) is 76.7 Å². The Balaban J connectivity index is 0.00000338. The first-order chi connectivity index (χ1) is 11.9. The molecule has 0 saturated heterocycles. The second-order valence-corrected chi connectivity index (χ2v) is 7.02. The molecule has 6 heteroatoms. The van der Waals surface area contributed by atoms with Crippen molar-refractivity contribution in [2.45, 2.75) is 13.1 Å². The van der Waals surface area contributed by atoms with E-state index in [9.17, 15) is 9.90 Å². The van der Waals surface area contributed by atoms with E-state index in [2.05, 4.69) is 0 Å². The summed E-state index contributed by atoms with van der Waals surface area (Å²) in [5.74, 6) is 0.264. The lowest BCUT2D eigenvalue weighted by molar-refractivity contribution is -0.873. The van der Waals surface area contributed by atoms with Gasteiger partial charge in [0.1, 0.15) is 18.8 Å². The van der Waals surface area contributed by atoms with Gasteiger partial charge in [-0.3, -0.25) is 4.79 Å². The number of phenols is 1. The predicted molar refractivity (Wildman–Crippen MR) is 101 cm³/mol. The highest BCUT2D eigenvalue weighted by Gasteiger charge is 2.16. The van der Waals surface area contributed by atoms with E-state index in [1.54, 1.807) is 6.08 Å². The Morgan fingerprint density at radius 3 is 1.85 bits per heavy atom. The molecule has 0 saturated carbocycles. The molecule has 27 heavy (non-hydrogen) atoms. The molecular weight excluding hydrogens is 383 g/mol. The van der Waals surface area contributed by atoms with E-state index in [0.29, 0.717) is 24.4 Å². The number of benzene rings is 2.